The van der Waals surface area contributed by atoms with Crippen LogP contribution in [0.5, 0.6) is 0 Å². The second-order valence-electron chi connectivity index (χ2n) is 1.39. The van der Waals surface area contributed by atoms with Crippen LogP contribution in [0.3, 0.4) is 0 Å². The highest BCUT2D eigenvalue weighted by molar-refractivity contribution is 7.12. The van der Waals surface area contributed by atoms with Gasteiger partial charge in [0.25, 0.3) is 0 Å². The second kappa shape index (κ2) is 1.97. The second-order valence-corrected chi connectivity index (χ2v) is 2.62. The van der Waals surface area contributed by atoms with Crippen LogP contribution in [0.1, 0.15) is 9.88 Å². The number of hydrogen-bond acceptors (Lipinski definition) is 2. The lowest BCUT2D eigenvalue weighted by atomic mass is 10.6. The summed E-state index contributed by atoms with van der Waals surface area (Å²) in [5.74, 6) is 2.50. The van der Waals surface area contributed by atoms with Gasteiger partial charge in [0.1, 0.15) is 0 Å². The third-order valence-electron chi connectivity index (χ3n) is 0.764. The first-order valence-electron chi connectivity index (χ1n) is 2.22. The molecule has 0 aromatic carbocycles. The van der Waals surface area contributed by atoms with Gasteiger partial charge in [-0.3, -0.25) is 0 Å². The minimum absolute atomic E-state index is 0.905. The molecule has 0 fully saturated rings. The van der Waals surface area contributed by atoms with Crippen LogP contribution in [0, 0.1) is 19.3 Å². The third-order valence-corrected chi connectivity index (χ3v) is 1.61. The van der Waals surface area contributed by atoms with Gasteiger partial charge in [-0.05, 0) is 6.92 Å². The highest BCUT2D eigenvalue weighted by Gasteiger charge is 1.89. The lowest BCUT2D eigenvalue weighted by Crippen LogP contribution is -1.57. The Morgan fingerprint density at radius 1 is 1.88 bits per heavy atom. The lowest BCUT2D eigenvalue weighted by Gasteiger charge is -1.68. The molecule has 0 N–H and O–H groups in total. The SMILES string of the molecule is C#Cc1cnc(C)s1. The summed E-state index contributed by atoms with van der Waals surface area (Å²) in [6, 6.07) is 0. The molecule has 2 heteroatoms. The van der Waals surface area contributed by atoms with E-state index in [1.165, 1.54) is 0 Å². The first kappa shape index (κ1) is 5.33. The molecule has 0 atom stereocenters. The standard InChI is InChI=1S/C6H5NS/c1-3-6-4-7-5(2)8-6/h1,4H,2H3. The maximum absolute atomic E-state index is 5.08. The van der Waals surface area contributed by atoms with Gasteiger partial charge in [-0.25, -0.2) is 4.98 Å². The zero-order chi connectivity index (χ0) is 5.98. The molecule has 1 rings (SSSR count). The number of terminal acetylenes is 1. The molecule has 1 aromatic rings. The van der Waals surface area contributed by atoms with Gasteiger partial charge in [0, 0.05) is 0 Å². The van der Waals surface area contributed by atoms with Crippen molar-refractivity contribution in [2.45, 2.75) is 6.92 Å². The molecule has 0 spiro atoms. The number of thiazole rings is 1. The normalized spacial score (nSPS) is 8.50. The van der Waals surface area contributed by atoms with E-state index in [-0.39, 0.29) is 0 Å². The predicted molar refractivity (Wildman–Crippen MR) is 34.8 cm³/mol. The fourth-order valence-corrected chi connectivity index (χ4v) is 1.02. The van der Waals surface area contributed by atoms with Crippen molar-refractivity contribution in [1.82, 2.24) is 4.98 Å². The molecule has 0 aliphatic heterocycles. The maximum atomic E-state index is 5.08. The van der Waals surface area contributed by atoms with Crippen LogP contribution in [0.15, 0.2) is 6.20 Å². The highest BCUT2D eigenvalue weighted by atomic mass is 32.1. The summed E-state index contributed by atoms with van der Waals surface area (Å²) >= 11 is 1.54. The largest absolute Gasteiger partial charge is 0.249 e. The van der Waals surface area contributed by atoms with Crippen LogP contribution in [0.2, 0.25) is 0 Å². The predicted octanol–water partition coefficient (Wildman–Crippen LogP) is 1.43. The molecule has 8 heavy (non-hydrogen) atoms. The highest BCUT2D eigenvalue weighted by Crippen LogP contribution is 2.08. The molecule has 0 radical (unpaired) electrons. The number of aryl methyl sites for hydroxylation is 1. The van der Waals surface area contributed by atoms with Crippen molar-refractivity contribution in [1.29, 1.82) is 0 Å². The average Bonchev–Trinajstić information content (AvgIpc) is 2.14. The molecular weight excluding hydrogens is 118 g/mol. The molecule has 1 heterocycles. The van der Waals surface area contributed by atoms with E-state index in [1.807, 2.05) is 6.92 Å². The molecule has 0 bridgehead atoms. The van der Waals surface area contributed by atoms with Crippen molar-refractivity contribution in [3.63, 3.8) is 0 Å². The molecule has 0 saturated heterocycles. The van der Waals surface area contributed by atoms with E-state index in [4.69, 9.17) is 6.42 Å². The zero-order valence-electron chi connectivity index (χ0n) is 4.51. The Balaban J connectivity index is 3.05. The number of hydrogen-bond donors (Lipinski definition) is 0. The van der Waals surface area contributed by atoms with Gasteiger partial charge in [-0.1, -0.05) is 5.92 Å². The Morgan fingerprint density at radius 2 is 2.62 bits per heavy atom. The monoisotopic (exact) mass is 123 g/mol. The van der Waals surface area contributed by atoms with Crippen molar-refractivity contribution in [2.24, 2.45) is 0 Å². The molecule has 0 unspecified atom stereocenters. The van der Waals surface area contributed by atoms with Gasteiger partial charge in [-0.2, -0.15) is 0 Å². The van der Waals surface area contributed by atoms with Crippen molar-refractivity contribution in [3.05, 3.63) is 16.1 Å². The van der Waals surface area contributed by atoms with E-state index >= 15 is 0 Å². The van der Waals surface area contributed by atoms with Crippen LogP contribution in [0.4, 0.5) is 0 Å². The van der Waals surface area contributed by atoms with Crippen molar-refractivity contribution in [3.8, 4) is 12.3 Å². The van der Waals surface area contributed by atoms with E-state index < -0.39 is 0 Å². The van der Waals surface area contributed by atoms with Gasteiger partial charge in [0.2, 0.25) is 0 Å². The Hall–Kier alpha value is -0.810. The fraction of sp³-hybridized carbons (Fsp3) is 0.167. The minimum atomic E-state index is 0.905. The molecule has 1 nitrogen and oxygen atoms in total. The summed E-state index contributed by atoms with van der Waals surface area (Å²) in [6.07, 6.45) is 6.79. The smallest absolute Gasteiger partial charge is 0.0966 e. The summed E-state index contributed by atoms with van der Waals surface area (Å²) in [5.41, 5.74) is 0. The van der Waals surface area contributed by atoms with Crippen molar-refractivity contribution < 1.29 is 0 Å². The Morgan fingerprint density at radius 3 is 2.88 bits per heavy atom. The van der Waals surface area contributed by atoms with Gasteiger partial charge < -0.3 is 0 Å². The Labute approximate surface area is 52.4 Å². The summed E-state index contributed by atoms with van der Waals surface area (Å²) in [6.45, 7) is 1.94. The average molecular weight is 123 g/mol. The van der Waals surface area contributed by atoms with E-state index in [0.29, 0.717) is 0 Å². The maximum Gasteiger partial charge on any atom is 0.0966 e. The molecule has 0 aliphatic carbocycles. The quantitative estimate of drug-likeness (QED) is 0.475. The zero-order valence-corrected chi connectivity index (χ0v) is 5.33. The van der Waals surface area contributed by atoms with Crippen LogP contribution < -0.4 is 0 Å². The fourth-order valence-electron chi connectivity index (χ4n) is 0.428. The summed E-state index contributed by atoms with van der Waals surface area (Å²) in [5, 5.41) is 1.03. The van der Waals surface area contributed by atoms with E-state index in [9.17, 15) is 0 Å². The summed E-state index contributed by atoms with van der Waals surface area (Å²) in [4.78, 5) is 4.87. The van der Waals surface area contributed by atoms with Crippen molar-refractivity contribution >= 4 is 11.3 Å². The summed E-state index contributed by atoms with van der Waals surface area (Å²) < 4.78 is 0. The minimum Gasteiger partial charge on any atom is -0.249 e. The molecule has 0 amide bonds. The first-order chi connectivity index (χ1) is 3.83. The topological polar surface area (TPSA) is 12.9 Å². The molecule has 0 saturated carbocycles. The van der Waals surface area contributed by atoms with Gasteiger partial charge in [0.15, 0.2) is 0 Å². The lowest BCUT2D eigenvalue weighted by molar-refractivity contribution is 1.30. The van der Waals surface area contributed by atoms with Crippen LogP contribution in [0.25, 0.3) is 0 Å². The van der Waals surface area contributed by atoms with Gasteiger partial charge >= 0.3 is 0 Å². The van der Waals surface area contributed by atoms with Crippen LogP contribution in [-0.4, -0.2) is 4.98 Å². The first-order valence-corrected chi connectivity index (χ1v) is 3.03. The van der Waals surface area contributed by atoms with Gasteiger partial charge in [-0.15, -0.1) is 17.8 Å². The van der Waals surface area contributed by atoms with E-state index in [2.05, 4.69) is 10.9 Å². The summed E-state index contributed by atoms with van der Waals surface area (Å²) in [7, 11) is 0. The van der Waals surface area contributed by atoms with Crippen LogP contribution in [-0.2, 0) is 0 Å². The van der Waals surface area contributed by atoms with E-state index in [0.717, 1.165) is 9.88 Å². The molecule has 0 aliphatic rings. The van der Waals surface area contributed by atoms with Crippen LogP contribution >= 0.6 is 11.3 Å². The number of rotatable bonds is 0. The third kappa shape index (κ3) is 0.877. The van der Waals surface area contributed by atoms with E-state index in [1.54, 1.807) is 17.5 Å². The number of nitrogens with zero attached hydrogens (tertiary/aromatic N) is 1. The molecule has 40 valence electrons. The molecule has 1 aromatic heterocycles. The number of aromatic nitrogens is 1. The van der Waals surface area contributed by atoms with Gasteiger partial charge in [0.05, 0.1) is 16.1 Å². The Bertz CT molecular complexity index is 219. The Kier molecular flexibility index (Phi) is 1.32. The molecular formula is C6H5NS. The van der Waals surface area contributed by atoms with Crippen molar-refractivity contribution in [2.75, 3.05) is 0 Å².